The van der Waals surface area contributed by atoms with E-state index >= 15 is 0 Å². The Labute approximate surface area is 102 Å². The van der Waals surface area contributed by atoms with Crippen LogP contribution in [0.3, 0.4) is 0 Å². The van der Waals surface area contributed by atoms with Crippen molar-refractivity contribution in [3.8, 4) is 5.75 Å². The van der Waals surface area contributed by atoms with Crippen LogP contribution in [-0.4, -0.2) is 30.8 Å². The summed E-state index contributed by atoms with van der Waals surface area (Å²) in [7, 11) is 1.53. The maximum atomic E-state index is 12.0. The molecule has 1 aromatic rings. The summed E-state index contributed by atoms with van der Waals surface area (Å²) in [6.45, 7) is 3.82. The molecule has 0 radical (unpaired) electrons. The number of benzene rings is 1. The van der Waals surface area contributed by atoms with Crippen LogP contribution in [0.4, 0.5) is 0 Å². The average molecular weight is 237 g/mol. The summed E-state index contributed by atoms with van der Waals surface area (Å²) in [5.74, 6) is 0.485. The van der Waals surface area contributed by atoms with E-state index in [0.717, 1.165) is 0 Å². The van der Waals surface area contributed by atoms with Gasteiger partial charge in [0.25, 0.3) is 5.91 Å². The van der Waals surface area contributed by atoms with E-state index in [0.29, 0.717) is 11.3 Å². The number of hydrogen-bond acceptors (Lipinski definition) is 3. The van der Waals surface area contributed by atoms with Gasteiger partial charge in [0, 0.05) is 0 Å². The Kier molecular flexibility index (Phi) is 4.97. The van der Waals surface area contributed by atoms with Crippen LogP contribution < -0.4 is 10.1 Å². The fraction of sp³-hybridized carbons (Fsp3) is 0.462. The summed E-state index contributed by atoms with van der Waals surface area (Å²) >= 11 is 0. The van der Waals surface area contributed by atoms with Crippen molar-refractivity contribution < 1.29 is 14.6 Å². The molecular formula is C13H19NO3. The van der Waals surface area contributed by atoms with Crippen LogP contribution in [0, 0.1) is 5.92 Å². The standard InChI is InChI=1S/C13H19NO3/c1-9(2)11(8-15)14-13(16)10-6-4-5-7-12(10)17-3/h4-7,9,11,15H,8H2,1-3H3,(H,14,16)/t11-/m0/s1. The first-order chi connectivity index (χ1) is 8.10. The van der Waals surface area contributed by atoms with Crippen molar-refractivity contribution >= 4 is 5.91 Å². The first-order valence-electron chi connectivity index (χ1n) is 5.65. The Morgan fingerprint density at radius 3 is 2.59 bits per heavy atom. The lowest BCUT2D eigenvalue weighted by molar-refractivity contribution is 0.0894. The zero-order valence-corrected chi connectivity index (χ0v) is 10.4. The summed E-state index contributed by atoms with van der Waals surface area (Å²) in [5.41, 5.74) is 0.481. The van der Waals surface area contributed by atoms with E-state index in [2.05, 4.69) is 5.32 Å². The number of nitrogens with one attached hydrogen (secondary N) is 1. The highest BCUT2D eigenvalue weighted by atomic mass is 16.5. The predicted octanol–water partition coefficient (Wildman–Crippen LogP) is 1.44. The lowest BCUT2D eigenvalue weighted by Crippen LogP contribution is -2.41. The molecule has 0 saturated heterocycles. The van der Waals surface area contributed by atoms with Gasteiger partial charge in [0.05, 0.1) is 25.3 Å². The summed E-state index contributed by atoms with van der Waals surface area (Å²) < 4.78 is 5.12. The molecule has 94 valence electrons. The Balaban J connectivity index is 2.82. The van der Waals surface area contributed by atoms with Crippen LogP contribution in [0.25, 0.3) is 0 Å². The van der Waals surface area contributed by atoms with Gasteiger partial charge in [-0.25, -0.2) is 0 Å². The molecule has 17 heavy (non-hydrogen) atoms. The quantitative estimate of drug-likeness (QED) is 0.814. The van der Waals surface area contributed by atoms with Gasteiger partial charge in [-0.15, -0.1) is 0 Å². The third kappa shape index (κ3) is 3.46. The van der Waals surface area contributed by atoms with Crippen molar-refractivity contribution in [2.24, 2.45) is 5.92 Å². The molecule has 0 fully saturated rings. The summed E-state index contributed by atoms with van der Waals surface area (Å²) in [6, 6.07) is 6.77. The molecule has 0 aliphatic carbocycles. The molecule has 4 nitrogen and oxygen atoms in total. The second kappa shape index (κ2) is 6.25. The van der Waals surface area contributed by atoms with Crippen molar-refractivity contribution in [2.75, 3.05) is 13.7 Å². The Hall–Kier alpha value is -1.55. The SMILES string of the molecule is COc1ccccc1C(=O)N[C@@H](CO)C(C)C. The van der Waals surface area contributed by atoms with Gasteiger partial charge in [0.1, 0.15) is 5.75 Å². The zero-order valence-electron chi connectivity index (χ0n) is 10.4. The van der Waals surface area contributed by atoms with Crippen LogP contribution >= 0.6 is 0 Å². The van der Waals surface area contributed by atoms with Crippen molar-refractivity contribution in [1.82, 2.24) is 5.32 Å². The number of carbonyl (C=O) groups is 1. The fourth-order valence-electron chi connectivity index (χ4n) is 1.50. The summed E-state index contributed by atoms with van der Waals surface area (Å²) in [4.78, 5) is 12.0. The molecule has 1 atom stereocenters. The Morgan fingerprint density at radius 1 is 1.41 bits per heavy atom. The monoisotopic (exact) mass is 237 g/mol. The number of hydrogen-bond donors (Lipinski definition) is 2. The Bertz CT molecular complexity index is 377. The second-order valence-electron chi connectivity index (χ2n) is 4.21. The molecule has 2 N–H and O–H groups in total. The zero-order chi connectivity index (χ0) is 12.8. The third-order valence-electron chi connectivity index (χ3n) is 2.67. The first kappa shape index (κ1) is 13.5. The van der Waals surface area contributed by atoms with Crippen LogP contribution in [-0.2, 0) is 0 Å². The highest BCUT2D eigenvalue weighted by Crippen LogP contribution is 2.17. The molecule has 0 aliphatic rings. The smallest absolute Gasteiger partial charge is 0.255 e. The van der Waals surface area contributed by atoms with E-state index in [1.807, 2.05) is 19.9 Å². The number of carbonyl (C=O) groups excluding carboxylic acids is 1. The van der Waals surface area contributed by atoms with Crippen molar-refractivity contribution in [3.63, 3.8) is 0 Å². The van der Waals surface area contributed by atoms with Crippen LogP contribution in [0.15, 0.2) is 24.3 Å². The molecule has 0 saturated carbocycles. The molecule has 1 amide bonds. The molecule has 4 heteroatoms. The normalized spacial score (nSPS) is 12.3. The molecule has 0 spiro atoms. The van der Waals surface area contributed by atoms with Gasteiger partial charge in [-0.3, -0.25) is 4.79 Å². The lowest BCUT2D eigenvalue weighted by Gasteiger charge is -2.20. The highest BCUT2D eigenvalue weighted by Gasteiger charge is 2.18. The van der Waals surface area contributed by atoms with Gasteiger partial charge in [-0.05, 0) is 18.1 Å². The predicted molar refractivity (Wildman–Crippen MR) is 66.2 cm³/mol. The number of para-hydroxylation sites is 1. The minimum atomic E-state index is -0.243. The van der Waals surface area contributed by atoms with E-state index in [4.69, 9.17) is 4.74 Å². The summed E-state index contributed by atoms with van der Waals surface area (Å²) in [5, 5.41) is 12.0. The minimum Gasteiger partial charge on any atom is -0.496 e. The van der Waals surface area contributed by atoms with Gasteiger partial charge in [-0.2, -0.15) is 0 Å². The summed E-state index contributed by atoms with van der Waals surface area (Å²) in [6.07, 6.45) is 0. The number of methoxy groups -OCH3 is 1. The molecular weight excluding hydrogens is 218 g/mol. The largest absolute Gasteiger partial charge is 0.496 e. The van der Waals surface area contributed by atoms with Gasteiger partial charge >= 0.3 is 0 Å². The minimum absolute atomic E-state index is 0.0709. The van der Waals surface area contributed by atoms with Crippen molar-refractivity contribution in [1.29, 1.82) is 0 Å². The van der Waals surface area contributed by atoms with E-state index < -0.39 is 0 Å². The molecule has 0 aromatic heterocycles. The van der Waals surface area contributed by atoms with Gasteiger partial charge in [0.15, 0.2) is 0 Å². The highest BCUT2D eigenvalue weighted by molar-refractivity contribution is 5.97. The maximum Gasteiger partial charge on any atom is 0.255 e. The molecule has 0 aliphatic heterocycles. The number of amides is 1. The first-order valence-corrected chi connectivity index (χ1v) is 5.65. The molecule has 1 rings (SSSR count). The van der Waals surface area contributed by atoms with E-state index in [-0.39, 0.29) is 24.5 Å². The third-order valence-corrected chi connectivity index (χ3v) is 2.67. The number of rotatable bonds is 5. The number of ether oxygens (including phenoxy) is 1. The van der Waals surface area contributed by atoms with Crippen LogP contribution in [0.1, 0.15) is 24.2 Å². The van der Waals surface area contributed by atoms with Crippen molar-refractivity contribution in [3.05, 3.63) is 29.8 Å². The molecule has 0 unspecified atom stereocenters. The molecule has 0 heterocycles. The average Bonchev–Trinajstić information content (AvgIpc) is 2.35. The van der Waals surface area contributed by atoms with Gasteiger partial charge < -0.3 is 15.2 Å². The Morgan fingerprint density at radius 2 is 2.06 bits per heavy atom. The number of aliphatic hydroxyl groups excluding tert-OH is 1. The van der Waals surface area contributed by atoms with Gasteiger partial charge in [0.2, 0.25) is 0 Å². The fourth-order valence-corrected chi connectivity index (χ4v) is 1.50. The molecule has 0 bridgehead atoms. The number of aliphatic hydroxyl groups is 1. The van der Waals surface area contributed by atoms with E-state index in [1.54, 1.807) is 18.2 Å². The van der Waals surface area contributed by atoms with E-state index in [1.165, 1.54) is 7.11 Å². The van der Waals surface area contributed by atoms with Crippen LogP contribution in [0.2, 0.25) is 0 Å². The van der Waals surface area contributed by atoms with Crippen LogP contribution in [0.5, 0.6) is 5.75 Å². The van der Waals surface area contributed by atoms with Gasteiger partial charge in [-0.1, -0.05) is 26.0 Å². The molecule has 1 aromatic carbocycles. The second-order valence-corrected chi connectivity index (χ2v) is 4.21. The topological polar surface area (TPSA) is 58.6 Å². The maximum absolute atomic E-state index is 12.0. The van der Waals surface area contributed by atoms with E-state index in [9.17, 15) is 9.90 Å². The lowest BCUT2D eigenvalue weighted by atomic mass is 10.0. The van der Waals surface area contributed by atoms with Crippen molar-refractivity contribution in [2.45, 2.75) is 19.9 Å².